The van der Waals surface area contributed by atoms with Crippen molar-refractivity contribution < 1.29 is 0 Å². The lowest BCUT2D eigenvalue weighted by molar-refractivity contribution is 0.654. The van der Waals surface area contributed by atoms with E-state index in [4.69, 9.17) is 0 Å². The van der Waals surface area contributed by atoms with E-state index in [2.05, 4.69) is 24.9 Å². The average molecular weight is 153 g/mol. The maximum atomic E-state index is 4.00. The van der Waals surface area contributed by atoms with Crippen molar-refractivity contribution in [2.24, 2.45) is 5.92 Å². The van der Waals surface area contributed by atoms with Gasteiger partial charge in [0, 0.05) is 6.20 Å². The van der Waals surface area contributed by atoms with E-state index in [0.717, 1.165) is 5.92 Å². The minimum absolute atomic E-state index is 0.763. The van der Waals surface area contributed by atoms with E-state index in [9.17, 15) is 0 Å². The summed E-state index contributed by atoms with van der Waals surface area (Å²) >= 11 is 0. The van der Waals surface area contributed by atoms with E-state index in [1.807, 2.05) is 12.1 Å². The molecule has 0 aliphatic carbocycles. The molecule has 0 radical (unpaired) electrons. The van der Waals surface area contributed by atoms with Crippen molar-refractivity contribution >= 4 is 8.19 Å². The Kier molecular flexibility index (Phi) is 2.82. The zero-order valence-electron chi connectivity index (χ0n) is 6.41. The summed E-state index contributed by atoms with van der Waals surface area (Å²) in [4.78, 5) is 4.00. The van der Waals surface area contributed by atoms with E-state index in [-0.39, 0.29) is 0 Å². The van der Waals surface area contributed by atoms with Gasteiger partial charge in [-0.3, -0.25) is 4.98 Å². The van der Waals surface area contributed by atoms with Crippen molar-refractivity contribution in [3.05, 3.63) is 23.5 Å². The predicted molar refractivity (Wildman–Crippen MR) is 45.3 cm³/mol. The summed E-state index contributed by atoms with van der Waals surface area (Å²) in [6, 6.07) is 2.11. The number of hydrogen-bond acceptors (Lipinski definition) is 1. The Bertz CT molecular complexity index is 184. The van der Waals surface area contributed by atoms with Crippen LogP contribution in [0.2, 0.25) is 0 Å². The quantitative estimate of drug-likeness (QED) is 0.636. The largest absolute Gasteiger partial charge is 0.260 e. The molecule has 1 nitrogen and oxygen atoms in total. The van der Waals surface area contributed by atoms with Crippen LogP contribution in [-0.2, 0) is 6.42 Å². The average Bonchev–Trinajstić information content (AvgIpc) is 1.88. The Hall–Kier alpha value is -0.420. The summed E-state index contributed by atoms with van der Waals surface area (Å²) < 4.78 is 0. The Morgan fingerprint density at radius 1 is 1.60 bits per heavy atom. The maximum Gasteiger partial charge on any atom is 0.0541 e. The number of hydrogen-bond donors (Lipinski definition) is 0. The molecule has 0 fully saturated rings. The highest BCUT2D eigenvalue weighted by molar-refractivity contribution is 7.29. The van der Waals surface area contributed by atoms with Crippen molar-refractivity contribution in [2.45, 2.75) is 20.3 Å². The van der Waals surface area contributed by atoms with Crippen LogP contribution in [0.5, 0.6) is 0 Å². The van der Waals surface area contributed by atoms with Crippen LogP contribution in [0, 0.1) is 5.92 Å². The number of rotatable bonds is 2. The van der Waals surface area contributed by atoms with Gasteiger partial charge in [-0.2, -0.15) is 0 Å². The second kappa shape index (κ2) is 3.68. The molecule has 1 aromatic heterocycles. The molecule has 0 aliphatic rings. The molecule has 2 heteroatoms. The Morgan fingerprint density at radius 3 is 2.90 bits per heavy atom. The fraction of sp³-hybridized carbons (Fsp3) is 0.500. The van der Waals surface area contributed by atoms with E-state index in [0.29, 0.717) is 0 Å². The highest BCUT2D eigenvalue weighted by Gasteiger charge is 1.95. The van der Waals surface area contributed by atoms with Gasteiger partial charge in [-0.25, -0.2) is 0 Å². The molecular weight excluding hydrogens is 141 g/mol. The third-order valence-corrected chi connectivity index (χ3v) is 2.17. The first-order valence-corrected chi connectivity index (χ1v) is 4.50. The van der Waals surface area contributed by atoms with Crippen LogP contribution in [0.3, 0.4) is 0 Å². The summed E-state index contributed by atoms with van der Waals surface area (Å²) in [5.41, 5.74) is 0. The zero-order chi connectivity index (χ0) is 7.40. The second-order valence-corrected chi connectivity index (χ2v) is 3.86. The first-order valence-electron chi connectivity index (χ1n) is 3.54. The Morgan fingerprint density at radius 2 is 2.40 bits per heavy atom. The first kappa shape index (κ1) is 7.68. The lowest BCUT2D eigenvalue weighted by Crippen LogP contribution is -1.90. The predicted octanol–water partition coefficient (Wildman–Crippen LogP) is 2.86. The summed E-state index contributed by atoms with van der Waals surface area (Å²) in [6.45, 7) is 4.48. The van der Waals surface area contributed by atoms with Gasteiger partial charge < -0.3 is 0 Å². The highest BCUT2D eigenvalue weighted by atomic mass is 31.0. The molecule has 0 unspecified atom stereocenters. The van der Waals surface area contributed by atoms with Gasteiger partial charge in [0.05, 0.1) is 5.93 Å². The lowest BCUT2D eigenvalue weighted by atomic mass is 10.1. The maximum absolute atomic E-state index is 4.00. The van der Waals surface area contributed by atoms with E-state index < -0.39 is 0 Å². The van der Waals surface area contributed by atoms with Crippen molar-refractivity contribution in [3.63, 3.8) is 0 Å². The molecule has 10 heavy (non-hydrogen) atoms. The zero-order valence-corrected chi connectivity index (χ0v) is 7.31. The second-order valence-electron chi connectivity index (χ2n) is 2.80. The van der Waals surface area contributed by atoms with E-state index in [1.54, 1.807) is 0 Å². The minimum Gasteiger partial charge on any atom is -0.260 e. The van der Waals surface area contributed by atoms with Crippen molar-refractivity contribution in [2.75, 3.05) is 0 Å². The fourth-order valence-corrected chi connectivity index (χ4v) is 1.77. The molecule has 0 aliphatic heterocycles. The van der Waals surface area contributed by atoms with Gasteiger partial charge in [0.2, 0.25) is 0 Å². The lowest BCUT2D eigenvalue weighted by Gasteiger charge is -2.01. The first-order chi connectivity index (χ1) is 4.79. The minimum atomic E-state index is 0.763. The summed E-state index contributed by atoms with van der Waals surface area (Å²) in [5, 5.41) is 1.48. The summed E-state index contributed by atoms with van der Waals surface area (Å²) in [7, 11) is 1.28. The van der Waals surface area contributed by atoms with Gasteiger partial charge in [-0.05, 0) is 23.7 Å². The van der Waals surface area contributed by atoms with Crippen LogP contribution in [0.4, 0.5) is 0 Å². The molecule has 0 spiro atoms. The summed E-state index contributed by atoms with van der Waals surface area (Å²) in [5.74, 6) is 2.70. The molecule has 0 saturated carbocycles. The van der Waals surface area contributed by atoms with E-state index >= 15 is 0 Å². The molecule has 1 aromatic rings. The molecule has 54 valence electrons. The SMILES string of the molecule is CC(C)Cc1ccncp1. The van der Waals surface area contributed by atoms with Crippen LogP contribution in [0.25, 0.3) is 0 Å². The smallest absolute Gasteiger partial charge is 0.0541 e. The van der Waals surface area contributed by atoms with Gasteiger partial charge in [0.25, 0.3) is 0 Å². The van der Waals surface area contributed by atoms with Crippen molar-refractivity contribution in [3.8, 4) is 0 Å². The van der Waals surface area contributed by atoms with Gasteiger partial charge in [0.15, 0.2) is 0 Å². The van der Waals surface area contributed by atoms with Crippen molar-refractivity contribution in [1.82, 2.24) is 4.98 Å². The molecule has 0 N–H and O–H groups in total. The van der Waals surface area contributed by atoms with Gasteiger partial charge in [0.1, 0.15) is 0 Å². The third-order valence-electron chi connectivity index (χ3n) is 1.26. The molecule has 0 bridgehead atoms. The third kappa shape index (κ3) is 2.45. The molecule has 0 amide bonds. The molecule has 0 atom stereocenters. The van der Waals surface area contributed by atoms with Crippen LogP contribution < -0.4 is 0 Å². The van der Waals surface area contributed by atoms with E-state index in [1.165, 1.54) is 19.9 Å². The van der Waals surface area contributed by atoms with Crippen LogP contribution >= 0.6 is 8.19 Å². The van der Waals surface area contributed by atoms with Crippen LogP contribution in [-0.4, -0.2) is 4.98 Å². The van der Waals surface area contributed by atoms with Crippen LogP contribution in [0.1, 0.15) is 19.1 Å². The number of aromatic nitrogens is 1. The van der Waals surface area contributed by atoms with Crippen molar-refractivity contribution in [1.29, 1.82) is 0 Å². The van der Waals surface area contributed by atoms with Crippen LogP contribution in [0.15, 0.2) is 18.2 Å². The van der Waals surface area contributed by atoms with Gasteiger partial charge in [-0.15, -0.1) is 0 Å². The highest BCUT2D eigenvalue weighted by Crippen LogP contribution is 2.15. The topological polar surface area (TPSA) is 12.9 Å². The Labute approximate surface area is 63.6 Å². The number of nitrogens with zero attached hydrogens (tertiary/aromatic N) is 1. The standard InChI is InChI=1S/C8H12NP/c1-7(2)5-8-3-4-9-6-10-8/h3-4,6-7H,5H2,1-2H3. The molecule has 0 saturated heterocycles. The normalized spacial score (nSPS) is 11.1. The monoisotopic (exact) mass is 153 g/mol. The molecule has 1 rings (SSSR count). The molecule has 0 aromatic carbocycles. The van der Waals surface area contributed by atoms with Gasteiger partial charge in [-0.1, -0.05) is 22.0 Å². The molecular formula is C8H12NP. The molecule has 1 heterocycles. The van der Waals surface area contributed by atoms with Gasteiger partial charge >= 0.3 is 0 Å². The summed E-state index contributed by atoms with van der Waals surface area (Å²) in [6.07, 6.45) is 3.07. The Balaban J connectivity index is 2.59. The fourth-order valence-electron chi connectivity index (χ4n) is 0.857.